The fourth-order valence-corrected chi connectivity index (χ4v) is 4.00. The molecule has 1 saturated heterocycles. The molecule has 1 heterocycles. The highest BCUT2D eigenvalue weighted by molar-refractivity contribution is 7.89. The van der Waals surface area contributed by atoms with E-state index in [1.807, 2.05) is 0 Å². The molecule has 23 heavy (non-hydrogen) atoms. The van der Waals surface area contributed by atoms with E-state index in [0.29, 0.717) is 24.9 Å². The zero-order valence-electron chi connectivity index (χ0n) is 12.4. The number of sulfonamides is 1. The summed E-state index contributed by atoms with van der Waals surface area (Å²) in [7, 11) is -3.55. The Bertz CT molecular complexity index is 725. The summed E-state index contributed by atoms with van der Waals surface area (Å²) in [5, 5.41) is 9.14. The van der Waals surface area contributed by atoms with Gasteiger partial charge in [0.1, 0.15) is 6.04 Å². The first-order valence-corrected chi connectivity index (χ1v) is 9.03. The molecule has 2 N–H and O–H groups in total. The van der Waals surface area contributed by atoms with Crippen molar-refractivity contribution in [2.45, 2.75) is 42.7 Å². The lowest BCUT2D eigenvalue weighted by Crippen LogP contribution is -2.40. The van der Waals surface area contributed by atoms with Crippen molar-refractivity contribution in [1.82, 2.24) is 9.62 Å². The lowest BCUT2D eigenvalue weighted by molar-refractivity contribution is -0.141. The van der Waals surface area contributed by atoms with Gasteiger partial charge in [0.05, 0.1) is 4.90 Å². The second kappa shape index (κ2) is 5.93. The van der Waals surface area contributed by atoms with Crippen LogP contribution in [0.15, 0.2) is 29.2 Å². The van der Waals surface area contributed by atoms with E-state index in [0.717, 1.165) is 12.8 Å². The number of hydrogen-bond donors (Lipinski definition) is 2. The molecule has 1 aliphatic heterocycles. The fourth-order valence-electron chi connectivity index (χ4n) is 2.70. The first-order valence-electron chi connectivity index (χ1n) is 7.54. The van der Waals surface area contributed by atoms with Gasteiger partial charge in [0.2, 0.25) is 10.0 Å². The Hall–Kier alpha value is -1.93. The van der Waals surface area contributed by atoms with Crippen molar-refractivity contribution in [3.63, 3.8) is 0 Å². The van der Waals surface area contributed by atoms with E-state index < -0.39 is 22.0 Å². The minimum Gasteiger partial charge on any atom is -0.480 e. The van der Waals surface area contributed by atoms with E-state index in [4.69, 9.17) is 5.11 Å². The SMILES string of the molecule is O=C(O)[C@H]1CCCN1C(=O)c1ccc(S(=O)(=O)NC2CC2)cc1. The van der Waals surface area contributed by atoms with Crippen molar-refractivity contribution in [3.8, 4) is 0 Å². The van der Waals surface area contributed by atoms with Crippen molar-refractivity contribution in [2.24, 2.45) is 0 Å². The van der Waals surface area contributed by atoms with Crippen molar-refractivity contribution in [1.29, 1.82) is 0 Å². The average molecular weight is 338 g/mol. The molecule has 1 aromatic rings. The summed E-state index contributed by atoms with van der Waals surface area (Å²) in [5.74, 6) is -1.39. The number of rotatable bonds is 5. The Kier molecular flexibility index (Phi) is 4.11. The Morgan fingerprint density at radius 1 is 1.13 bits per heavy atom. The van der Waals surface area contributed by atoms with Gasteiger partial charge in [-0.05, 0) is 49.9 Å². The molecule has 0 radical (unpaired) electrons. The maximum absolute atomic E-state index is 12.4. The van der Waals surface area contributed by atoms with Gasteiger partial charge in [-0.3, -0.25) is 4.79 Å². The monoisotopic (exact) mass is 338 g/mol. The van der Waals surface area contributed by atoms with Crippen molar-refractivity contribution in [3.05, 3.63) is 29.8 Å². The summed E-state index contributed by atoms with van der Waals surface area (Å²) in [5.41, 5.74) is 0.295. The average Bonchev–Trinajstić information content (AvgIpc) is 3.17. The van der Waals surface area contributed by atoms with Crippen LogP contribution in [0.2, 0.25) is 0 Å². The van der Waals surface area contributed by atoms with E-state index >= 15 is 0 Å². The van der Waals surface area contributed by atoms with Crippen LogP contribution in [0.25, 0.3) is 0 Å². The summed E-state index contributed by atoms with van der Waals surface area (Å²) in [6.45, 7) is 0.402. The van der Waals surface area contributed by atoms with Gasteiger partial charge in [-0.25, -0.2) is 17.9 Å². The molecular weight excluding hydrogens is 320 g/mol. The zero-order valence-corrected chi connectivity index (χ0v) is 13.3. The first kappa shape index (κ1) is 15.9. The normalized spacial score (nSPS) is 21.4. The smallest absolute Gasteiger partial charge is 0.326 e. The molecule has 1 aliphatic carbocycles. The number of aliphatic carboxylic acids is 1. The van der Waals surface area contributed by atoms with Gasteiger partial charge in [0.25, 0.3) is 5.91 Å². The van der Waals surface area contributed by atoms with E-state index in [2.05, 4.69) is 4.72 Å². The quantitative estimate of drug-likeness (QED) is 0.827. The molecule has 0 aromatic heterocycles. The number of amides is 1. The Balaban J connectivity index is 1.76. The third-order valence-corrected chi connectivity index (χ3v) is 5.65. The standard InChI is InChI=1S/C15H18N2O5S/c18-14(17-9-1-2-13(17)15(19)20)10-3-7-12(8-4-10)23(21,22)16-11-5-6-11/h3-4,7-8,11,13,16H,1-2,5-6,9H2,(H,19,20)/t13-/m1/s1. The molecule has 1 amide bonds. The van der Waals surface area contributed by atoms with Crippen molar-refractivity contribution in [2.75, 3.05) is 6.54 Å². The summed E-state index contributed by atoms with van der Waals surface area (Å²) < 4.78 is 26.7. The number of likely N-dealkylation sites (tertiary alicyclic amines) is 1. The molecule has 7 nitrogen and oxygen atoms in total. The van der Waals surface area contributed by atoms with Crippen LogP contribution in [0.5, 0.6) is 0 Å². The Morgan fingerprint density at radius 2 is 1.78 bits per heavy atom. The summed E-state index contributed by atoms with van der Waals surface area (Å²) in [6.07, 6.45) is 2.79. The Morgan fingerprint density at radius 3 is 2.35 bits per heavy atom. The molecule has 2 fully saturated rings. The van der Waals surface area contributed by atoms with Gasteiger partial charge in [0.15, 0.2) is 0 Å². The molecule has 1 atom stereocenters. The second-order valence-electron chi connectivity index (χ2n) is 5.91. The number of carbonyl (C=O) groups is 2. The number of carboxylic acid groups (broad SMARTS) is 1. The van der Waals surface area contributed by atoms with Gasteiger partial charge in [0, 0.05) is 18.2 Å². The van der Waals surface area contributed by atoms with Gasteiger partial charge < -0.3 is 10.0 Å². The fraction of sp³-hybridized carbons (Fsp3) is 0.467. The van der Waals surface area contributed by atoms with Gasteiger partial charge in [-0.1, -0.05) is 0 Å². The van der Waals surface area contributed by atoms with Crippen LogP contribution in [0, 0.1) is 0 Å². The molecule has 0 bridgehead atoms. The Labute approximate surface area is 134 Å². The number of nitrogens with one attached hydrogen (secondary N) is 1. The maximum atomic E-state index is 12.4. The van der Waals surface area contributed by atoms with Crippen LogP contribution in [0.1, 0.15) is 36.0 Å². The molecule has 1 aromatic carbocycles. The lowest BCUT2D eigenvalue weighted by Gasteiger charge is -2.21. The van der Waals surface area contributed by atoms with Crippen molar-refractivity contribution < 1.29 is 23.1 Å². The molecule has 0 spiro atoms. The largest absolute Gasteiger partial charge is 0.480 e. The molecule has 1 saturated carbocycles. The predicted molar refractivity (Wildman–Crippen MR) is 81.5 cm³/mol. The predicted octanol–water partition coefficient (Wildman–Crippen LogP) is 0.817. The van der Waals surface area contributed by atoms with Gasteiger partial charge in [-0.2, -0.15) is 0 Å². The number of hydrogen-bond acceptors (Lipinski definition) is 4. The third kappa shape index (κ3) is 3.37. The number of carbonyl (C=O) groups excluding carboxylic acids is 1. The third-order valence-electron chi connectivity index (χ3n) is 4.11. The lowest BCUT2D eigenvalue weighted by atomic mass is 10.1. The molecule has 3 rings (SSSR count). The zero-order chi connectivity index (χ0) is 16.6. The highest BCUT2D eigenvalue weighted by atomic mass is 32.2. The minimum absolute atomic E-state index is 0.0160. The minimum atomic E-state index is -3.55. The summed E-state index contributed by atoms with van der Waals surface area (Å²) in [4.78, 5) is 25.0. The number of benzene rings is 1. The second-order valence-corrected chi connectivity index (χ2v) is 7.63. The molecule has 8 heteroatoms. The van der Waals surface area contributed by atoms with Crippen LogP contribution in [-0.2, 0) is 14.8 Å². The molecular formula is C15H18N2O5S. The highest BCUT2D eigenvalue weighted by Crippen LogP contribution is 2.23. The van der Waals surface area contributed by atoms with Crippen LogP contribution in [0.3, 0.4) is 0 Å². The van der Waals surface area contributed by atoms with E-state index in [-0.39, 0.29) is 16.8 Å². The number of carboxylic acids is 1. The van der Waals surface area contributed by atoms with Gasteiger partial charge >= 0.3 is 5.97 Å². The van der Waals surface area contributed by atoms with E-state index in [9.17, 15) is 18.0 Å². The first-order chi connectivity index (χ1) is 10.9. The van der Waals surface area contributed by atoms with Gasteiger partial charge in [-0.15, -0.1) is 0 Å². The number of nitrogens with zero attached hydrogens (tertiary/aromatic N) is 1. The molecule has 0 unspecified atom stereocenters. The highest BCUT2D eigenvalue weighted by Gasteiger charge is 2.34. The molecule has 124 valence electrons. The van der Waals surface area contributed by atoms with Crippen LogP contribution >= 0.6 is 0 Å². The summed E-state index contributed by atoms with van der Waals surface area (Å²) >= 11 is 0. The molecule has 2 aliphatic rings. The van der Waals surface area contributed by atoms with Crippen LogP contribution < -0.4 is 4.72 Å². The van der Waals surface area contributed by atoms with Crippen LogP contribution in [-0.4, -0.2) is 48.9 Å². The summed E-state index contributed by atoms with van der Waals surface area (Å²) in [6, 6.07) is 4.83. The van der Waals surface area contributed by atoms with Crippen LogP contribution in [0.4, 0.5) is 0 Å². The van der Waals surface area contributed by atoms with E-state index in [1.54, 1.807) is 0 Å². The van der Waals surface area contributed by atoms with E-state index in [1.165, 1.54) is 29.2 Å². The topological polar surface area (TPSA) is 104 Å². The van der Waals surface area contributed by atoms with Crippen molar-refractivity contribution >= 4 is 21.9 Å². The maximum Gasteiger partial charge on any atom is 0.326 e.